The molecule has 4 heterocycles. The average Bonchev–Trinajstić information content (AvgIpc) is 3.36. The molecule has 148 valence electrons. The van der Waals surface area contributed by atoms with Crippen LogP contribution >= 0.6 is 0 Å². The van der Waals surface area contributed by atoms with Gasteiger partial charge in [0, 0.05) is 36.1 Å². The van der Waals surface area contributed by atoms with Crippen LogP contribution in [0.5, 0.6) is 5.75 Å². The van der Waals surface area contributed by atoms with Crippen LogP contribution in [0.2, 0.25) is 0 Å². The van der Waals surface area contributed by atoms with E-state index < -0.39 is 18.4 Å². The number of alkyl halides is 2. The highest BCUT2D eigenvalue weighted by molar-refractivity contribution is 5.68. The average molecular weight is 395 g/mol. The maximum Gasteiger partial charge on any atom is 0.137 e. The summed E-state index contributed by atoms with van der Waals surface area (Å²) in [7, 11) is 0. The molecule has 2 aromatic heterocycles. The summed E-state index contributed by atoms with van der Waals surface area (Å²) in [5, 5.41) is 13.4. The summed E-state index contributed by atoms with van der Waals surface area (Å²) in [5.41, 5.74) is 2.89. The van der Waals surface area contributed by atoms with E-state index in [1.165, 1.54) is 6.20 Å². The van der Waals surface area contributed by atoms with E-state index in [2.05, 4.69) is 20.3 Å². The van der Waals surface area contributed by atoms with Gasteiger partial charge in [0.25, 0.3) is 0 Å². The number of nitrogens with one attached hydrogen (secondary N) is 1. The Kier molecular flexibility index (Phi) is 4.35. The number of fused-ring (bicyclic) bond motifs is 2. The van der Waals surface area contributed by atoms with Crippen molar-refractivity contribution in [2.75, 3.05) is 0 Å². The Morgan fingerprint density at radius 1 is 1.17 bits per heavy atom. The van der Waals surface area contributed by atoms with Gasteiger partial charge in [-0.1, -0.05) is 0 Å². The third kappa shape index (κ3) is 3.29. The van der Waals surface area contributed by atoms with E-state index in [4.69, 9.17) is 0 Å². The van der Waals surface area contributed by atoms with E-state index in [0.717, 1.165) is 5.69 Å². The van der Waals surface area contributed by atoms with Gasteiger partial charge < -0.3 is 15.0 Å². The van der Waals surface area contributed by atoms with Crippen LogP contribution in [0.1, 0.15) is 18.5 Å². The zero-order valence-corrected chi connectivity index (χ0v) is 15.4. The topological polar surface area (TPSA) is 75.9 Å². The van der Waals surface area contributed by atoms with Crippen LogP contribution in [0.15, 0.2) is 54.9 Å². The molecule has 0 amide bonds. The first-order valence-corrected chi connectivity index (χ1v) is 9.47. The molecule has 2 fully saturated rings. The highest BCUT2D eigenvalue weighted by atomic mass is 19.1. The molecule has 0 radical (unpaired) electrons. The lowest BCUT2D eigenvalue weighted by molar-refractivity contribution is 0.265. The first-order chi connectivity index (χ1) is 14.1. The number of rotatable bonds is 3. The summed E-state index contributed by atoms with van der Waals surface area (Å²) >= 11 is 0. The van der Waals surface area contributed by atoms with Crippen LogP contribution in [-0.2, 0) is 0 Å². The number of aromatic hydroxyl groups is 1. The number of aromatic nitrogens is 4. The molecule has 5 rings (SSSR count). The van der Waals surface area contributed by atoms with Gasteiger partial charge in [-0.15, -0.1) is 0 Å². The summed E-state index contributed by atoms with van der Waals surface area (Å²) in [6, 6.07) is 4.45. The second-order valence-electron chi connectivity index (χ2n) is 7.45. The lowest BCUT2D eigenvalue weighted by Crippen LogP contribution is -2.43. The third-order valence-electron chi connectivity index (χ3n) is 5.57. The van der Waals surface area contributed by atoms with E-state index in [-0.39, 0.29) is 18.2 Å². The molecule has 0 saturated carbocycles. The van der Waals surface area contributed by atoms with E-state index in [9.17, 15) is 13.9 Å². The number of phenolic OH excluding ortho intramolecular Hbond substituents is 1. The Bertz CT molecular complexity index is 1050. The van der Waals surface area contributed by atoms with Gasteiger partial charge in [-0.2, -0.15) is 0 Å². The molecule has 8 heteroatoms. The standard InChI is InChI=1S/C21H19F2N5O/c22-16-8-18-21(23)12(6-17(16)27-18)5-13-9-26-19(10-25-13)15-2-1-14(7-20(15)29)28-4-3-24-11-28/h1-5,7,9-11,16-18,21,27,29H,6,8H2/b12-5+/t16-,17?,18?,21-/m0/s1. The van der Waals surface area contributed by atoms with Crippen LogP contribution in [0.25, 0.3) is 23.0 Å². The van der Waals surface area contributed by atoms with Crippen molar-refractivity contribution in [3.05, 3.63) is 60.6 Å². The predicted octanol–water partition coefficient (Wildman–Crippen LogP) is 3.23. The van der Waals surface area contributed by atoms with E-state index in [0.29, 0.717) is 28.9 Å². The van der Waals surface area contributed by atoms with Crippen LogP contribution in [-0.4, -0.2) is 49.1 Å². The van der Waals surface area contributed by atoms with Crippen molar-refractivity contribution in [3.63, 3.8) is 0 Å². The number of nitrogens with zero attached hydrogens (tertiary/aromatic N) is 4. The Hall–Kier alpha value is -3.13. The molecule has 0 spiro atoms. The Labute approximate surface area is 166 Å². The minimum Gasteiger partial charge on any atom is -0.507 e. The fourth-order valence-corrected chi connectivity index (χ4v) is 4.06. The molecule has 2 aliphatic heterocycles. The SMILES string of the molecule is Oc1cc(-n2ccnc2)ccc1-c1cnc(/C=C2\CC3NC(C[C@@H]3F)[C@H]2F)cn1. The number of imidazole rings is 1. The van der Waals surface area contributed by atoms with E-state index in [1.807, 2.05) is 6.07 Å². The second-order valence-corrected chi connectivity index (χ2v) is 7.45. The summed E-state index contributed by atoms with van der Waals surface area (Å²) in [6.07, 6.45) is 8.14. The number of piperidine rings is 1. The molecular formula is C21H19F2N5O. The van der Waals surface area contributed by atoms with Crippen molar-refractivity contribution >= 4 is 6.08 Å². The molecule has 2 aliphatic rings. The number of benzene rings is 1. The van der Waals surface area contributed by atoms with E-state index in [1.54, 1.807) is 47.7 Å². The molecule has 2 bridgehead atoms. The van der Waals surface area contributed by atoms with Gasteiger partial charge in [0.1, 0.15) is 18.1 Å². The summed E-state index contributed by atoms with van der Waals surface area (Å²) in [6.45, 7) is 0. The minimum atomic E-state index is -1.21. The minimum absolute atomic E-state index is 0.0735. The third-order valence-corrected chi connectivity index (χ3v) is 5.57. The fourth-order valence-electron chi connectivity index (χ4n) is 4.06. The summed E-state index contributed by atoms with van der Waals surface area (Å²) in [4.78, 5) is 12.7. The van der Waals surface area contributed by atoms with Crippen LogP contribution in [0.4, 0.5) is 8.78 Å². The molecule has 2 saturated heterocycles. The van der Waals surface area contributed by atoms with Crippen molar-refractivity contribution < 1.29 is 13.9 Å². The molecule has 29 heavy (non-hydrogen) atoms. The van der Waals surface area contributed by atoms with Gasteiger partial charge in [-0.05, 0) is 36.6 Å². The highest BCUT2D eigenvalue weighted by Crippen LogP contribution is 2.35. The van der Waals surface area contributed by atoms with Crippen molar-refractivity contribution in [2.24, 2.45) is 0 Å². The van der Waals surface area contributed by atoms with Crippen LogP contribution < -0.4 is 5.32 Å². The molecule has 4 atom stereocenters. The molecule has 3 aromatic rings. The number of phenols is 1. The molecule has 2 unspecified atom stereocenters. The maximum atomic E-state index is 14.6. The van der Waals surface area contributed by atoms with Crippen molar-refractivity contribution in [1.29, 1.82) is 0 Å². The lowest BCUT2D eigenvalue weighted by atomic mass is 9.96. The fraction of sp³-hybridized carbons (Fsp3) is 0.286. The van der Waals surface area contributed by atoms with Gasteiger partial charge in [0.2, 0.25) is 0 Å². The maximum absolute atomic E-state index is 14.6. The van der Waals surface area contributed by atoms with Gasteiger partial charge in [0.05, 0.1) is 35.8 Å². The second kappa shape index (κ2) is 7.04. The quantitative estimate of drug-likeness (QED) is 0.712. The molecule has 1 aromatic carbocycles. The Morgan fingerprint density at radius 2 is 2.07 bits per heavy atom. The lowest BCUT2D eigenvalue weighted by Gasteiger charge is -2.27. The number of hydrogen-bond donors (Lipinski definition) is 2. The largest absolute Gasteiger partial charge is 0.507 e. The van der Waals surface area contributed by atoms with Gasteiger partial charge in [-0.25, -0.2) is 13.8 Å². The molecular weight excluding hydrogens is 376 g/mol. The van der Waals surface area contributed by atoms with E-state index >= 15 is 0 Å². The van der Waals surface area contributed by atoms with Gasteiger partial charge in [0.15, 0.2) is 0 Å². The zero-order chi connectivity index (χ0) is 20.0. The van der Waals surface area contributed by atoms with Crippen molar-refractivity contribution in [1.82, 2.24) is 24.8 Å². The van der Waals surface area contributed by atoms with Gasteiger partial charge >= 0.3 is 0 Å². The molecule has 6 nitrogen and oxygen atoms in total. The first kappa shape index (κ1) is 17.9. The zero-order valence-electron chi connectivity index (χ0n) is 15.4. The van der Waals surface area contributed by atoms with Crippen molar-refractivity contribution in [2.45, 2.75) is 37.3 Å². The Balaban J connectivity index is 1.38. The molecule has 2 N–H and O–H groups in total. The first-order valence-electron chi connectivity index (χ1n) is 9.47. The van der Waals surface area contributed by atoms with Crippen LogP contribution in [0, 0.1) is 0 Å². The van der Waals surface area contributed by atoms with Gasteiger partial charge in [-0.3, -0.25) is 9.97 Å². The predicted molar refractivity (Wildman–Crippen MR) is 104 cm³/mol. The summed E-state index contributed by atoms with van der Waals surface area (Å²) < 4.78 is 30.2. The smallest absolute Gasteiger partial charge is 0.137 e. The number of halogens is 2. The summed E-state index contributed by atoms with van der Waals surface area (Å²) in [5.74, 6) is 0.0735. The monoisotopic (exact) mass is 395 g/mol. The number of hydrogen-bond acceptors (Lipinski definition) is 5. The highest BCUT2D eigenvalue weighted by Gasteiger charge is 2.44. The van der Waals surface area contributed by atoms with Crippen molar-refractivity contribution in [3.8, 4) is 22.7 Å². The van der Waals surface area contributed by atoms with Crippen LogP contribution in [0.3, 0.4) is 0 Å². The normalized spacial score (nSPS) is 27.4. The Morgan fingerprint density at radius 3 is 2.79 bits per heavy atom. The molecule has 0 aliphatic carbocycles.